The van der Waals surface area contributed by atoms with Crippen LogP contribution in [0.15, 0.2) is 54.6 Å². The van der Waals surface area contributed by atoms with Gasteiger partial charge in [-0.05, 0) is 22.6 Å². The second kappa shape index (κ2) is 4.01. The topological polar surface area (TPSA) is 20.2 Å². The first-order chi connectivity index (χ1) is 8.29. The summed E-state index contributed by atoms with van der Waals surface area (Å²) < 4.78 is 0. The van der Waals surface area contributed by atoms with Gasteiger partial charge in [0.1, 0.15) is 0 Å². The molecule has 17 heavy (non-hydrogen) atoms. The average molecular weight is 224 g/mol. The highest BCUT2D eigenvalue weighted by molar-refractivity contribution is 5.43. The van der Waals surface area contributed by atoms with Crippen molar-refractivity contribution in [1.29, 1.82) is 0 Å². The average Bonchev–Trinajstić information content (AvgIpc) is 2.64. The summed E-state index contributed by atoms with van der Waals surface area (Å²) in [4.78, 5) is 0. The van der Waals surface area contributed by atoms with Gasteiger partial charge in [0.25, 0.3) is 0 Å². The predicted octanol–water partition coefficient (Wildman–Crippen LogP) is 3.62. The summed E-state index contributed by atoms with van der Waals surface area (Å²) in [5.41, 5.74) is 3.60. The van der Waals surface area contributed by atoms with Crippen LogP contribution >= 0.6 is 0 Å². The molecule has 2 aromatic rings. The van der Waals surface area contributed by atoms with Gasteiger partial charge in [0.05, 0.1) is 6.10 Å². The fraction of sp³-hybridized carbons (Fsp3) is 0.250. The van der Waals surface area contributed by atoms with Crippen LogP contribution < -0.4 is 0 Å². The highest BCUT2D eigenvalue weighted by Crippen LogP contribution is 2.50. The number of aliphatic hydroxyl groups excluding tert-OH is 1. The number of aliphatic hydroxyl groups is 1. The molecule has 3 atom stereocenters. The minimum absolute atomic E-state index is 0.189. The zero-order valence-corrected chi connectivity index (χ0v) is 9.88. The maximum atomic E-state index is 10.5. The van der Waals surface area contributed by atoms with Crippen molar-refractivity contribution in [3.8, 4) is 0 Å². The Morgan fingerprint density at radius 3 is 2.06 bits per heavy atom. The summed E-state index contributed by atoms with van der Waals surface area (Å²) in [5.74, 6) is 0.567. The van der Waals surface area contributed by atoms with Crippen molar-refractivity contribution < 1.29 is 5.11 Å². The molecule has 0 aromatic heterocycles. The maximum Gasteiger partial charge on any atom is 0.0867 e. The molecule has 1 N–H and O–H groups in total. The Labute approximate surface area is 102 Å². The third-order valence-corrected chi connectivity index (χ3v) is 3.87. The molecule has 86 valence electrons. The quantitative estimate of drug-likeness (QED) is 0.784. The van der Waals surface area contributed by atoms with Crippen molar-refractivity contribution in [2.45, 2.75) is 24.9 Å². The van der Waals surface area contributed by atoms with Gasteiger partial charge in [0, 0.05) is 5.92 Å². The van der Waals surface area contributed by atoms with Crippen molar-refractivity contribution in [3.63, 3.8) is 0 Å². The van der Waals surface area contributed by atoms with E-state index in [9.17, 15) is 5.11 Å². The van der Waals surface area contributed by atoms with Gasteiger partial charge < -0.3 is 5.11 Å². The molecular formula is C16H16O. The normalized spacial score (nSPS) is 26.8. The van der Waals surface area contributed by atoms with Crippen LogP contribution in [0.5, 0.6) is 0 Å². The Balaban J connectivity index is 2.06. The van der Waals surface area contributed by atoms with E-state index < -0.39 is 0 Å². The van der Waals surface area contributed by atoms with Crippen LogP contribution in [-0.4, -0.2) is 5.11 Å². The Kier molecular flexibility index (Phi) is 2.49. The summed E-state index contributed by atoms with van der Waals surface area (Å²) in [6.45, 7) is 2.20. The highest BCUT2D eigenvalue weighted by atomic mass is 16.3. The van der Waals surface area contributed by atoms with Gasteiger partial charge in [-0.3, -0.25) is 0 Å². The third-order valence-electron chi connectivity index (χ3n) is 3.87. The van der Waals surface area contributed by atoms with Gasteiger partial charge in [-0.2, -0.15) is 0 Å². The smallest absolute Gasteiger partial charge is 0.0867 e. The van der Waals surface area contributed by atoms with Crippen molar-refractivity contribution in [3.05, 3.63) is 71.3 Å². The van der Waals surface area contributed by atoms with Crippen molar-refractivity contribution in [1.82, 2.24) is 0 Å². The Bertz CT molecular complexity index is 489. The molecule has 0 spiro atoms. The van der Waals surface area contributed by atoms with Crippen LogP contribution in [0.2, 0.25) is 0 Å². The Morgan fingerprint density at radius 1 is 0.824 bits per heavy atom. The third kappa shape index (κ3) is 1.58. The fourth-order valence-electron chi connectivity index (χ4n) is 3.00. The van der Waals surface area contributed by atoms with E-state index in [0.29, 0.717) is 5.92 Å². The van der Waals surface area contributed by atoms with Gasteiger partial charge in [-0.15, -0.1) is 0 Å². The molecule has 3 rings (SSSR count). The summed E-state index contributed by atoms with van der Waals surface area (Å²) in [5, 5.41) is 10.5. The van der Waals surface area contributed by atoms with E-state index in [1.807, 2.05) is 30.3 Å². The van der Waals surface area contributed by atoms with E-state index in [1.165, 1.54) is 11.1 Å². The summed E-state index contributed by atoms with van der Waals surface area (Å²) in [6.07, 6.45) is -0.372. The van der Waals surface area contributed by atoms with E-state index in [4.69, 9.17) is 0 Å². The number of benzene rings is 2. The second-order valence-corrected chi connectivity index (χ2v) is 4.80. The van der Waals surface area contributed by atoms with Crippen LogP contribution in [0, 0.1) is 0 Å². The van der Waals surface area contributed by atoms with Crippen LogP contribution in [0.25, 0.3) is 0 Å². The summed E-state index contributed by atoms with van der Waals surface area (Å²) in [6, 6.07) is 18.5. The number of hydrogen-bond donors (Lipinski definition) is 1. The standard InChI is InChI=1S/C16H16O/c1-11-13-9-5-6-10-14(13)16(17)15(11)12-7-3-2-4-8-12/h2-11,15-17H,1H3. The van der Waals surface area contributed by atoms with Crippen LogP contribution in [0.1, 0.15) is 41.6 Å². The molecule has 0 bridgehead atoms. The molecule has 0 saturated heterocycles. The molecule has 2 aromatic carbocycles. The summed E-state index contributed by atoms with van der Waals surface area (Å²) >= 11 is 0. The van der Waals surface area contributed by atoms with Crippen molar-refractivity contribution in [2.75, 3.05) is 0 Å². The molecule has 0 radical (unpaired) electrons. The lowest BCUT2D eigenvalue weighted by molar-refractivity contribution is 0.150. The van der Waals surface area contributed by atoms with Crippen LogP contribution in [0.3, 0.4) is 0 Å². The largest absolute Gasteiger partial charge is 0.388 e. The highest BCUT2D eigenvalue weighted by Gasteiger charge is 2.37. The minimum Gasteiger partial charge on any atom is -0.388 e. The van der Waals surface area contributed by atoms with Crippen LogP contribution in [0.4, 0.5) is 0 Å². The molecule has 0 amide bonds. The first-order valence-electron chi connectivity index (χ1n) is 6.11. The monoisotopic (exact) mass is 224 g/mol. The lowest BCUT2D eigenvalue weighted by Gasteiger charge is -2.19. The predicted molar refractivity (Wildman–Crippen MR) is 69.0 cm³/mol. The number of hydrogen-bond acceptors (Lipinski definition) is 1. The second-order valence-electron chi connectivity index (χ2n) is 4.80. The van der Waals surface area contributed by atoms with Gasteiger partial charge in [0.2, 0.25) is 0 Å². The lowest BCUT2D eigenvalue weighted by Crippen LogP contribution is -2.07. The molecule has 0 fully saturated rings. The Hall–Kier alpha value is -1.60. The molecule has 3 unspecified atom stereocenters. The van der Waals surface area contributed by atoms with Crippen LogP contribution in [-0.2, 0) is 0 Å². The zero-order valence-electron chi connectivity index (χ0n) is 9.88. The molecule has 0 heterocycles. The van der Waals surface area contributed by atoms with Gasteiger partial charge >= 0.3 is 0 Å². The molecule has 1 heteroatoms. The van der Waals surface area contributed by atoms with E-state index in [-0.39, 0.29) is 12.0 Å². The minimum atomic E-state index is -0.372. The number of rotatable bonds is 1. The number of fused-ring (bicyclic) bond motifs is 1. The van der Waals surface area contributed by atoms with Crippen molar-refractivity contribution >= 4 is 0 Å². The van der Waals surface area contributed by atoms with Gasteiger partial charge in [-0.1, -0.05) is 61.5 Å². The van der Waals surface area contributed by atoms with Crippen molar-refractivity contribution in [2.24, 2.45) is 0 Å². The van der Waals surface area contributed by atoms with Gasteiger partial charge in [-0.25, -0.2) is 0 Å². The molecule has 1 nitrogen and oxygen atoms in total. The molecular weight excluding hydrogens is 208 g/mol. The van der Waals surface area contributed by atoms with E-state index in [1.54, 1.807) is 0 Å². The van der Waals surface area contributed by atoms with E-state index in [2.05, 4.69) is 31.2 Å². The first kappa shape index (κ1) is 10.5. The first-order valence-corrected chi connectivity index (χ1v) is 6.11. The molecule has 0 saturated carbocycles. The lowest BCUT2D eigenvalue weighted by atomic mass is 9.87. The van der Waals surface area contributed by atoms with E-state index in [0.717, 1.165) is 5.56 Å². The van der Waals surface area contributed by atoms with E-state index >= 15 is 0 Å². The molecule has 1 aliphatic rings. The Morgan fingerprint density at radius 2 is 1.41 bits per heavy atom. The SMILES string of the molecule is CC1c2ccccc2C(O)C1c1ccccc1. The van der Waals surface area contributed by atoms with Gasteiger partial charge in [0.15, 0.2) is 0 Å². The molecule has 0 aliphatic heterocycles. The summed E-state index contributed by atoms with van der Waals surface area (Å²) in [7, 11) is 0. The maximum absolute atomic E-state index is 10.5. The zero-order chi connectivity index (χ0) is 11.8. The molecule has 1 aliphatic carbocycles. The fourth-order valence-corrected chi connectivity index (χ4v) is 3.00.